The van der Waals surface area contributed by atoms with Crippen molar-refractivity contribution in [2.24, 2.45) is 0 Å². The average Bonchev–Trinajstić information content (AvgIpc) is 2.40. The summed E-state index contributed by atoms with van der Waals surface area (Å²) in [6.45, 7) is 5.44. The van der Waals surface area contributed by atoms with Crippen LogP contribution in [0.1, 0.15) is 18.5 Å². The van der Waals surface area contributed by atoms with Gasteiger partial charge in [-0.25, -0.2) is 4.39 Å². The molecule has 0 spiro atoms. The molecule has 0 radical (unpaired) electrons. The topological polar surface area (TPSA) is 24.5 Å². The second kappa shape index (κ2) is 6.79. The summed E-state index contributed by atoms with van der Waals surface area (Å²) in [7, 11) is 2.09. The van der Waals surface area contributed by atoms with Crippen LogP contribution in [0.15, 0.2) is 22.7 Å². The number of likely N-dealkylation sites (N-methyl/N-ethyl adjacent to an activating group) is 2. The molecule has 5 heteroatoms. The lowest BCUT2D eigenvalue weighted by molar-refractivity contribution is -0.0612. The standard InChI is InChI=1S/C14H20BrFN2O/c1-3-17-9-13-14(18(2)6-7-19-13)10-4-5-12(16)11(15)8-10/h4-5,8,13-14,17H,3,6-7,9H2,1-2H3. The third kappa shape index (κ3) is 3.54. The Hall–Kier alpha value is -0.490. The minimum atomic E-state index is -0.230. The SMILES string of the molecule is CCNCC1OCCN(C)C1c1ccc(F)c(Br)c1. The molecule has 2 unspecified atom stereocenters. The third-order valence-corrected chi connectivity index (χ3v) is 4.09. The highest BCUT2D eigenvalue weighted by Gasteiger charge is 2.31. The fraction of sp³-hybridized carbons (Fsp3) is 0.571. The Morgan fingerprint density at radius 3 is 3.00 bits per heavy atom. The zero-order valence-corrected chi connectivity index (χ0v) is 12.9. The predicted octanol–water partition coefficient (Wildman–Crippen LogP) is 2.57. The quantitative estimate of drug-likeness (QED) is 0.918. The average molecular weight is 331 g/mol. The molecular formula is C14H20BrFN2O. The van der Waals surface area contributed by atoms with Crippen molar-refractivity contribution in [3.8, 4) is 0 Å². The second-order valence-electron chi connectivity index (χ2n) is 4.82. The zero-order valence-electron chi connectivity index (χ0n) is 11.3. The third-order valence-electron chi connectivity index (χ3n) is 3.48. The Balaban J connectivity index is 2.22. The molecule has 0 bridgehead atoms. The molecule has 1 fully saturated rings. The van der Waals surface area contributed by atoms with Gasteiger partial charge in [0.2, 0.25) is 0 Å². The summed E-state index contributed by atoms with van der Waals surface area (Å²) in [5.41, 5.74) is 1.08. The molecular weight excluding hydrogens is 311 g/mol. The molecule has 0 amide bonds. The molecule has 2 rings (SSSR count). The zero-order chi connectivity index (χ0) is 13.8. The lowest BCUT2D eigenvalue weighted by atomic mass is 9.98. The first kappa shape index (κ1) is 14.9. The molecule has 106 valence electrons. The van der Waals surface area contributed by atoms with Gasteiger partial charge in [-0.15, -0.1) is 0 Å². The summed E-state index contributed by atoms with van der Waals surface area (Å²) in [5, 5.41) is 3.33. The summed E-state index contributed by atoms with van der Waals surface area (Å²) >= 11 is 3.26. The minimum absolute atomic E-state index is 0.0936. The molecule has 1 aliphatic heterocycles. The summed E-state index contributed by atoms with van der Waals surface area (Å²) in [5.74, 6) is -0.230. The first-order valence-corrected chi connectivity index (χ1v) is 7.40. The Morgan fingerprint density at radius 1 is 1.53 bits per heavy atom. The van der Waals surface area contributed by atoms with E-state index >= 15 is 0 Å². The second-order valence-corrected chi connectivity index (χ2v) is 5.67. The maximum atomic E-state index is 13.4. The first-order chi connectivity index (χ1) is 9.13. The van der Waals surface area contributed by atoms with Gasteiger partial charge in [-0.05, 0) is 47.2 Å². The smallest absolute Gasteiger partial charge is 0.137 e. The summed E-state index contributed by atoms with van der Waals surface area (Å²) < 4.78 is 19.7. The maximum absolute atomic E-state index is 13.4. The van der Waals surface area contributed by atoms with E-state index in [0.717, 1.165) is 31.8 Å². The first-order valence-electron chi connectivity index (χ1n) is 6.61. The highest BCUT2D eigenvalue weighted by Crippen LogP contribution is 2.30. The monoisotopic (exact) mass is 330 g/mol. The van der Waals surface area contributed by atoms with E-state index in [0.29, 0.717) is 4.47 Å². The molecule has 0 saturated carbocycles. The van der Waals surface area contributed by atoms with Crippen LogP contribution < -0.4 is 5.32 Å². The van der Waals surface area contributed by atoms with Gasteiger partial charge in [0.1, 0.15) is 5.82 Å². The van der Waals surface area contributed by atoms with Crippen molar-refractivity contribution in [1.82, 2.24) is 10.2 Å². The van der Waals surface area contributed by atoms with E-state index in [4.69, 9.17) is 4.74 Å². The lowest BCUT2D eigenvalue weighted by Crippen LogP contribution is -2.47. The van der Waals surface area contributed by atoms with Gasteiger partial charge in [-0.2, -0.15) is 0 Å². The lowest BCUT2D eigenvalue weighted by Gasteiger charge is -2.39. The van der Waals surface area contributed by atoms with E-state index < -0.39 is 0 Å². The van der Waals surface area contributed by atoms with E-state index in [9.17, 15) is 4.39 Å². The summed E-state index contributed by atoms with van der Waals surface area (Å²) in [6, 6.07) is 5.36. The van der Waals surface area contributed by atoms with E-state index in [-0.39, 0.29) is 18.0 Å². The predicted molar refractivity (Wildman–Crippen MR) is 77.8 cm³/mol. The number of halogens is 2. The van der Waals surface area contributed by atoms with Crippen LogP contribution in [-0.4, -0.2) is 44.3 Å². The van der Waals surface area contributed by atoms with E-state index in [1.165, 1.54) is 6.07 Å². The van der Waals surface area contributed by atoms with Crippen molar-refractivity contribution in [3.05, 3.63) is 34.1 Å². The molecule has 1 aromatic rings. The van der Waals surface area contributed by atoms with E-state index in [2.05, 4.69) is 40.1 Å². The van der Waals surface area contributed by atoms with Gasteiger partial charge >= 0.3 is 0 Å². The molecule has 1 aromatic carbocycles. The molecule has 1 N–H and O–H groups in total. The summed E-state index contributed by atoms with van der Waals surface area (Å²) in [6.07, 6.45) is 0.0936. The fourth-order valence-electron chi connectivity index (χ4n) is 2.48. The van der Waals surface area contributed by atoms with Gasteiger partial charge < -0.3 is 10.1 Å². The molecule has 2 atom stereocenters. The number of rotatable bonds is 4. The Labute approximate surface area is 122 Å². The van der Waals surface area contributed by atoms with Crippen LogP contribution >= 0.6 is 15.9 Å². The molecule has 1 heterocycles. The number of hydrogen-bond acceptors (Lipinski definition) is 3. The van der Waals surface area contributed by atoms with Crippen LogP contribution in [0.25, 0.3) is 0 Å². The van der Waals surface area contributed by atoms with Crippen molar-refractivity contribution in [3.63, 3.8) is 0 Å². The number of morpholine rings is 1. The van der Waals surface area contributed by atoms with Crippen molar-refractivity contribution >= 4 is 15.9 Å². The molecule has 1 saturated heterocycles. The van der Waals surface area contributed by atoms with Gasteiger partial charge in [0.15, 0.2) is 0 Å². The highest BCUT2D eigenvalue weighted by atomic mass is 79.9. The number of nitrogens with zero attached hydrogens (tertiary/aromatic N) is 1. The van der Waals surface area contributed by atoms with Crippen molar-refractivity contribution in [2.75, 3.05) is 33.3 Å². The largest absolute Gasteiger partial charge is 0.374 e. The maximum Gasteiger partial charge on any atom is 0.137 e. The van der Waals surface area contributed by atoms with Crippen LogP contribution in [-0.2, 0) is 4.74 Å². The van der Waals surface area contributed by atoms with Crippen LogP contribution in [0, 0.1) is 5.82 Å². The molecule has 3 nitrogen and oxygen atoms in total. The number of nitrogens with one attached hydrogen (secondary N) is 1. The number of ether oxygens (including phenoxy) is 1. The Kier molecular flexibility index (Phi) is 5.33. The van der Waals surface area contributed by atoms with Gasteiger partial charge in [0.05, 0.1) is 23.2 Å². The number of benzene rings is 1. The normalized spacial score (nSPS) is 24.6. The number of hydrogen-bond donors (Lipinski definition) is 1. The fourth-order valence-corrected chi connectivity index (χ4v) is 2.88. The van der Waals surface area contributed by atoms with E-state index in [1.807, 2.05) is 12.1 Å². The van der Waals surface area contributed by atoms with Crippen LogP contribution in [0.5, 0.6) is 0 Å². The minimum Gasteiger partial charge on any atom is -0.374 e. The molecule has 0 aliphatic carbocycles. The summed E-state index contributed by atoms with van der Waals surface area (Å²) in [4.78, 5) is 2.27. The van der Waals surface area contributed by atoms with Gasteiger partial charge in [0, 0.05) is 13.1 Å². The van der Waals surface area contributed by atoms with E-state index in [1.54, 1.807) is 0 Å². The van der Waals surface area contributed by atoms with Crippen molar-refractivity contribution in [2.45, 2.75) is 19.1 Å². The molecule has 0 aromatic heterocycles. The van der Waals surface area contributed by atoms with Gasteiger partial charge in [-0.3, -0.25) is 4.90 Å². The highest BCUT2D eigenvalue weighted by molar-refractivity contribution is 9.10. The van der Waals surface area contributed by atoms with Crippen LogP contribution in [0.3, 0.4) is 0 Å². The van der Waals surface area contributed by atoms with Gasteiger partial charge in [-0.1, -0.05) is 13.0 Å². The van der Waals surface area contributed by atoms with Gasteiger partial charge in [0.25, 0.3) is 0 Å². The molecule has 1 aliphatic rings. The van der Waals surface area contributed by atoms with Crippen LogP contribution in [0.4, 0.5) is 4.39 Å². The van der Waals surface area contributed by atoms with Crippen LogP contribution in [0.2, 0.25) is 0 Å². The Morgan fingerprint density at radius 2 is 2.32 bits per heavy atom. The van der Waals surface area contributed by atoms with Crippen molar-refractivity contribution < 1.29 is 9.13 Å². The van der Waals surface area contributed by atoms with Crippen molar-refractivity contribution in [1.29, 1.82) is 0 Å². The Bertz CT molecular complexity index is 430. The molecule has 19 heavy (non-hydrogen) atoms.